The maximum Gasteiger partial charge on any atom is 0.573 e. The van der Waals surface area contributed by atoms with Gasteiger partial charge in [0.1, 0.15) is 5.58 Å². The van der Waals surface area contributed by atoms with Gasteiger partial charge in [-0.25, -0.2) is 0 Å². The molecule has 132 valence electrons. The van der Waals surface area contributed by atoms with E-state index in [1.807, 2.05) is 36.4 Å². The molecule has 0 fully saturated rings. The summed E-state index contributed by atoms with van der Waals surface area (Å²) in [6.45, 7) is 0. The van der Waals surface area contributed by atoms with Gasteiger partial charge in [0.05, 0.1) is 11.4 Å². The van der Waals surface area contributed by atoms with Gasteiger partial charge < -0.3 is 14.1 Å². The van der Waals surface area contributed by atoms with Crippen LogP contribution in [0.15, 0.2) is 71.1 Å². The van der Waals surface area contributed by atoms with Crippen LogP contribution in [0.4, 0.5) is 24.5 Å². The number of hydrogen-bond donors (Lipinski definition) is 0. The molecule has 0 aliphatic carbocycles. The molecule has 3 nitrogen and oxygen atoms in total. The fourth-order valence-electron chi connectivity index (χ4n) is 3.07. The molecule has 4 aromatic rings. The second kappa shape index (κ2) is 5.98. The number of nitrogens with zero attached hydrogens (tertiary/aromatic N) is 1. The van der Waals surface area contributed by atoms with Gasteiger partial charge in [-0.1, -0.05) is 42.5 Å². The lowest BCUT2D eigenvalue weighted by atomic mass is 10.1. The van der Waals surface area contributed by atoms with E-state index in [1.165, 1.54) is 12.1 Å². The van der Waals surface area contributed by atoms with Crippen molar-refractivity contribution in [3.8, 4) is 5.75 Å². The summed E-state index contributed by atoms with van der Waals surface area (Å²) in [5.41, 5.74) is 2.27. The third-order valence-electron chi connectivity index (χ3n) is 4.20. The molecular weight excluding hydrogens is 343 g/mol. The van der Waals surface area contributed by atoms with E-state index in [0.29, 0.717) is 11.3 Å². The predicted octanol–water partition coefficient (Wildman–Crippen LogP) is 6.25. The average Bonchev–Trinajstić information content (AvgIpc) is 2.99. The molecule has 6 heteroatoms. The van der Waals surface area contributed by atoms with Crippen LogP contribution in [-0.2, 0) is 0 Å². The summed E-state index contributed by atoms with van der Waals surface area (Å²) in [7, 11) is 1.68. The summed E-state index contributed by atoms with van der Waals surface area (Å²) in [5, 5.41) is 1.86. The summed E-state index contributed by atoms with van der Waals surface area (Å²) < 4.78 is 48.3. The first-order chi connectivity index (χ1) is 12.4. The van der Waals surface area contributed by atoms with E-state index in [-0.39, 0.29) is 11.4 Å². The van der Waals surface area contributed by atoms with Gasteiger partial charge in [0.15, 0.2) is 11.3 Å². The first-order valence-electron chi connectivity index (χ1n) is 7.93. The first kappa shape index (κ1) is 16.3. The molecule has 0 N–H and O–H groups in total. The molecule has 0 radical (unpaired) electrons. The van der Waals surface area contributed by atoms with Crippen molar-refractivity contribution in [1.82, 2.24) is 0 Å². The maximum absolute atomic E-state index is 12.7. The standard InChI is InChI=1S/C20H14F3NO2/c1-24(15-9-3-5-12-18(15)26-20(21,22)23)16-10-6-8-14-13-7-2-4-11-17(13)25-19(14)16/h2-12H,1H3. The topological polar surface area (TPSA) is 25.6 Å². The number of rotatable bonds is 3. The highest BCUT2D eigenvalue weighted by atomic mass is 19.4. The predicted molar refractivity (Wildman–Crippen MR) is 94.9 cm³/mol. The highest BCUT2D eigenvalue weighted by Crippen LogP contribution is 2.40. The Kier molecular flexibility index (Phi) is 3.76. The summed E-state index contributed by atoms with van der Waals surface area (Å²) in [4.78, 5) is 1.63. The Balaban J connectivity index is 1.86. The van der Waals surface area contributed by atoms with E-state index in [1.54, 1.807) is 30.1 Å². The summed E-state index contributed by atoms with van der Waals surface area (Å²) in [5.74, 6) is -0.268. The number of benzene rings is 3. The fourth-order valence-corrected chi connectivity index (χ4v) is 3.07. The van der Waals surface area contributed by atoms with Crippen LogP contribution in [0.1, 0.15) is 0 Å². The fraction of sp³-hybridized carbons (Fsp3) is 0.100. The molecule has 1 aromatic heterocycles. The number of hydrogen-bond acceptors (Lipinski definition) is 3. The average molecular weight is 357 g/mol. The lowest BCUT2D eigenvalue weighted by molar-refractivity contribution is -0.274. The lowest BCUT2D eigenvalue weighted by Gasteiger charge is -2.23. The normalized spacial score (nSPS) is 11.8. The number of ether oxygens (including phenoxy) is 1. The van der Waals surface area contributed by atoms with Crippen LogP contribution >= 0.6 is 0 Å². The molecule has 0 bridgehead atoms. The van der Waals surface area contributed by atoms with Gasteiger partial charge in [-0.3, -0.25) is 0 Å². The van der Waals surface area contributed by atoms with Gasteiger partial charge in [-0.2, -0.15) is 0 Å². The summed E-state index contributed by atoms with van der Waals surface area (Å²) in [6, 6.07) is 19.2. The molecule has 3 aromatic carbocycles. The quantitative estimate of drug-likeness (QED) is 0.433. The Morgan fingerprint density at radius 2 is 1.46 bits per heavy atom. The van der Waals surface area contributed by atoms with Crippen LogP contribution in [0.3, 0.4) is 0 Å². The van der Waals surface area contributed by atoms with Crippen molar-refractivity contribution in [2.75, 3.05) is 11.9 Å². The minimum atomic E-state index is -4.76. The smallest absolute Gasteiger partial charge is 0.454 e. The van der Waals surface area contributed by atoms with E-state index >= 15 is 0 Å². The van der Waals surface area contributed by atoms with Crippen molar-refractivity contribution in [3.05, 3.63) is 66.7 Å². The number of anilines is 2. The third-order valence-corrected chi connectivity index (χ3v) is 4.20. The molecule has 0 saturated carbocycles. The number of alkyl halides is 3. The van der Waals surface area contributed by atoms with E-state index in [0.717, 1.165) is 16.4 Å². The highest BCUT2D eigenvalue weighted by molar-refractivity contribution is 6.09. The van der Waals surface area contributed by atoms with Crippen molar-refractivity contribution in [1.29, 1.82) is 0 Å². The van der Waals surface area contributed by atoms with Crippen LogP contribution in [0.5, 0.6) is 5.75 Å². The molecule has 0 aliphatic rings. The molecule has 0 unspecified atom stereocenters. The van der Waals surface area contributed by atoms with E-state index < -0.39 is 6.36 Å². The molecule has 0 aliphatic heterocycles. The van der Waals surface area contributed by atoms with Gasteiger partial charge in [-0.05, 0) is 24.3 Å². The van der Waals surface area contributed by atoms with Gasteiger partial charge in [0.2, 0.25) is 0 Å². The van der Waals surface area contributed by atoms with Crippen LogP contribution in [0.25, 0.3) is 21.9 Å². The zero-order valence-corrected chi connectivity index (χ0v) is 13.7. The molecule has 0 atom stereocenters. The van der Waals surface area contributed by atoms with Crippen molar-refractivity contribution in [2.24, 2.45) is 0 Å². The highest BCUT2D eigenvalue weighted by Gasteiger charge is 2.32. The number of halogens is 3. The van der Waals surface area contributed by atoms with Crippen LogP contribution < -0.4 is 9.64 Å². The van der Waals surface area contributed by atoms with Crippen LogP contribution in [-0.4, -0.2) is 13.4 Å². The first-order valence-corrected chi connectivity index (χ1v) is 7.93. The molecule has 26 heavy (non-hydrogen) atoms. The zero-order valence-electron chi connectivity index (χ0n) is 13.7. The van der Waals surface area contributed by atoms with Crippen molar-refractivity contribution in [3.63, 3.8) is 0 Å². The Morgan fingerprint density at radius 1 is 0.808 bits per heavy atom. The number of fused-ring (bicyclic) bond motifs is 3. The molecular formula is C20H14F3NO2. The third kappa shape index (κ3) is 2.83. The Hall–Kier alpha value is -3.15. The maximum atomic E-state index is 12.7. The van der Waals surface area contributed by atoms with Gasteiger partial charge >= 0.3 is 6.36 Å². The summed E-state index contributed by atoms with van der Waals surface area (Å²) in [6.07, 6.45) is -4.76. The number of para-hydroxylation sites is 4. The van der Waals surface area contributed by atoms with E-state index in [2.05, 4.69) is 4.74 Å². The second-order valence-electron chi connectivity index (χ2n) is 5.83. The molecule has 0 amide bonds. The Bertz CT molecular complexity index is 1090. The molecule has 1 heterocycles. The second-order valence-corrected chi connectivity index (χ2v) is 5.83. The SMILES string of the molecule is CN(c1ccccc1OC(F)(F)F)c1cccc2c1oc1ccccc12. The Morgan fingerprint density at radius 3 is 2.27 bits per heavy atom. The van der Waals surface area contributed by atoms with Gasteiger partial charge in [0, 0.05) is 17.8 Å². The largest absolute Gasteiger partial charge is 0.573 e. The van der Waals surface area contributed by atoms with Crippen LogP contribution in [0.2, 0.25) is 0 Å². The van der Waals surface area contributed by atoms with E-state index in [9.17, 15) is 13.2 Å². The monoisotopic (exact) mass is 357 g/mol. The Labute approximate surface area is 147 Å². The minimum Gasteiger partial charge on any atom is -0.454 e. The zero-order chi connectivity index (χ0) is 18.3. The van der Waals surface area contributed by atoms with Crippen molar-refractivity contribution in [2.45, 2.75) is 6.36 Å². The van der Waals surface area contributed by atoms with Gasteiger partial charge in [-0.15, -0.1) is 13.2 Å². The lowest BCUT2D eigenvalue weighted by Crippen LogP contribution is -2.19. The molecule has 4 rings (SSSR count). The number of furan rings is 1. The van der Waals surface area contributed by atoms with E-state index in [4.69, 9.17) is 4.42 Å². The van der Waals surface area contributed by atoms with Crippen molar-refractivity contribution < 1.29 is 22.3 Å². The summed E-state index contributed by atoms with van der Waals surface area (Å²) >= 11 is 0. The van der Waals surface area contributed by atoms with Crippen molar-refractivity contribution >= 4 is 33.3 Å². The molecule has 0 spiro atoms. The molecule has 0 saturated heterocycles. The minimum absolute atomic E-state index is 0.268. The van der Waals surface area contributed by atoms with Gasteiger partial charge in [0.25, 0.3) is 0 Å². The van der Waals surface area contributed by atoms with Crippen LogP contribution in [0, 0.1) is 0 Å².